The molecule has 0 N–H and O–H groups in total. The topological polar surface area (TPSA) is 26.3 Å². The minimum Gasteiger partial charge on any atom is -0.455 e. The van der Waals surface area contributed by atoms with Gasteiger partial charge in [-0.1, -0.05) is 157 Å². The highest BCUT2D eigenvalue weighted by atomic mass is 32.2. The molecule has 47 heavy (non-hydrogen) atoms. The van der Waals surface area contributed by atoms with Gasteiger partial charge < -0.3 is 8.83 Å². The molecular weight excluding hydrogens is 611 g/mol. The van der Waals surface area contributed by atoms with Gasteiger partial charge in [0, 0.05) is 42.5 Å². The Balaban J connectivity index is 1.36. The molecule has 234 valence electrons. The van der Waals surface area contributed by atoms with E-state index in [0.29, 0.717) is 0 Å². The van der Waals surface area contributed by atoms with E-state index in [4.69, 9.17) is 8.83 Å². The van der Waals surface area contributed by atoms with Crippen molar-refractivity contribution in [1.29, 1.82) is 0 Å². The summed E-state index contributed by atoms with van der Waals surface area (Å²) in [5.41, 5.74) is 11.9. The molecular formula is C42H39BO2S2. The van der Waals surface area contributed by atoms with Crippen molar-refractivity contribution in [1.82, 2.24) is 0 Å². The van der Waals surface area contributed by atoms with Gasteiger partial charge in [0.15, 0.2) is 0 Å². The van der Waals surface area contributed by atoms with Crippen LogP contribution < -0.4 is 16.4 Å². The van der Waals surface area contributed by atoms with Gasteiger partial charge in [0.1, 0.15) is 22.3 Å². The summed E-state index contributed by atoms with van der Waals surface area (Å²) in [6.07, 6.45) is 0. The number of para-hydroxylation sites is 2. The second-order valence-electron chi connectivity index (χ2n) is 16.6. The van der Waals surface area contributed by atoms with Gasteiger partial charge in [0.05, 0.1) is 9.79 Å². The Labute approximate surface area is 285 Å². The van der Waals surface area contributed by atoms with Crippen LogP contribution in [0, 0.1) is 0 Å². The molecule has 7 aromatic rings. The van der Waals surface area contributed by atoms with E-state index in [-0.39, 0.29) is 23.0 Å². The summed E-state index contributed by atoms with van der Waals surface area (Å²) in [7, 11) is 0. The molecule has 0 unspecified atom stereocenters. The first kappa shape index (κ1) is 29.6. The third kappa shape index (κ3) is 4.21. The van der Waals surface area contributed by atoms with Crippen LogP contribution in [-0.2, 0) is 16.2 Å². The third-order valence-corrected chi connectivity index (χ3v) is 12.6. The lowest BCUT2D eigenvalue weighted by atomic mass is 9.36. The van der Waals surface area contributed by atoms with E-state index in [1.165, 1.54) is 74.2 Å². The SMILES string of the molecule is CC(C)(C)c1cc2c3c(c1)Sc1c(ccc4c1oc1c(C(C)(C)C)cccc14)B3c1ccc3c(oc4c(C(C)(C)C)cccc43)c1S2. The smallest absolute Gasteiger partial charge is 0.247 e. The lowest BCUT2D eigenvalue weighted by Gasteiger charge is -2.34. The van der Waals surface area contributed by atoms with Crippen LogP contribution in [0.3, 0.4) is 0 Å². The van der Waals surface area contributed by atoms with Crippen molar-refractivity contribution in [2.75, 3.05) is 0 Å². The maximum Gasteiger partial charge on any atom is 0.247 e. The molecule has 5 aromatic carbocycles. The van der Waals surface area contributed by atoms with Crippen molar-refractivity contribution >= 4 is 90.5 Å². The molecule has 2 aliphatic rings. The largest absolute Gasteiger partial charge is 0.455 e. The van der Waals surface area contributed by atoms with Crippen LogP contribution in [0.5, 0.6) is 0 Å². The fraction of sp³-hybridized carbons (Fsp3) is 0.286. The lowest BCUT2D eigenvalue weighted by Crippen LogP contribution is -2.58. The Hall–Kier alpha value is -3.54. The zero-order valence-corrected chi connectivity index (χ0v) is 30.3. The van der Waals surface area contributed by atoms with E-state index in [2.05, 4.69) is 135 Å². The highest BCUT2D eigenvalue weighted by molar-refractivity contribution is 8.01. The van der Waals surface area contributed by atoms with Crippen molar-refractivity contribution in [3.63, 3.8) is 0 Å². The van der Waals surface area contributed by atoms with E-state index in [1.54, 1.807) is 0 Å². The Bertz CT molecular complexity index is 2310. The van der Waals surface area contributed by atoms with Crippen molar-refractivity contribution in [2.24, 2.45) is 0 Å². The fourth-order valence-electron chi connectivity index (χ4n) is 7.74. The van der Waals surface area contributed by atoms with E-state index < -0.39 is 0 Å². The summed E-state index contributed by atoms with van der Waals surface area (Å²) >= 11 is 3.79. The predicted octanol–water partition coefficient (Wildman–Crippen LogP) is 10.8. The number of furan rings is 2. The quantitative estimate of drug-likeness (QED) is 0.153. The highest BCUT2D eigenvalue weighted by Gasteiger charge is 2.41. The Morgan fingerprint density at radius 1 is 0.489 bits per heavy atom. The standard InChI is InChI=1S/C42H39BO2S2/c1-40(2,3)22-20-31-33-32(21-22)47-39-30(19-17-26-24-13-11-15-28(42(7,8)9)35(24)45-37(26)39)43(33)29-18-16-25-23-12-10-14-27(41(4,5)6)34(23)44-36(25)38(29)46-31/h10-21H,1-9H3. The Morgan fingerprint density at radius 3 is 1.32 bits per heavy atom. The number of benzene rings is 5. The lowest BCUT2D eigenvalue weighted by molar-refractivity contribution is 0.571. The molecule has 0 saturated carbocycles. The molecule has 0 fully saturated rings. The van der Waals surface area contributed by atoms with E-state index in [1.807, 2.05) is 23.5 Å². The highest BCUT2D eigenvalue weighted by Crippen LogP contribution is 2.48. The molecule has 5 heteroatoms. The Kier molecular flexibility index (Phi) is 6.01. The molecule has 2 nitrogen and oxygen atoms in total. The summed E-state index contributed by atoms with van der Waals surface area (Å²) in [6, 6.07) is 27.5. The van der Waals surface area contributed by atoms with E-state index in [9.17, 15) is 0 Å². The molecule has 0 spiro atoms. The van der Waals surface area contributed by atoms with Gasteiger partial charge in [-0.25, -0.2) is 0 Å². The second kappa shape index (κ2) is 9.54. The van der Waals surface area contributed by atoms with E-state index >= 15 is 0 Å². The van der Waals surface area contributed by atoms with Crippen LogP contribution in [0.15, 0.2) is 101 Å². The first-order chi connectivity index (χ1) is 22.2. The fourth-order valence-corrected chi connectivity index (χ4v) is 10.4. The van der Waals surface area contributed by atoms with Gasteiger partial charge in [-0.2, -0.15) is 0 Å². The van der Waals surface area contributed by atoms with Crippen molar-refractivity contribution in [3.8, 4) is 0 Å². The minimum absolute atomic E-state index is 0.0165. The molecule has 2 aliphatic heterocycles. The summed E-state index contributed by atoms with van der Waals surface area (Å²) in [5, 5.41) is 4.79. The van der Waals surface area contributed by atoms with Crippen molar-refractivity contribution in [2.45, 2.75) is 98.1 Å². The van der Waals surface area contributed by atoms with Crippen LogP contribution in [0.2, 0.25) is 0 Å². The van der Waals surface area contributed by atoms with Crippen LogP contribution in [0.4, 0.5) is 0 Å². The molecule has 0 amide bonds. The molecule has 0 saturated heterocycles. The number of hydrogen-bond donors (Lipinski definition) is 0. The van der Waals surface area contributed by atoms with Crippen molar-refractivity contribution < 1.29 is 8.83 Å². The Morgan fingerprint density at radius 2 is 0.915 bits per heavy atom. The summed E-state index contributed by atoms with van der Waals surface area (Å²) in [4.78, 5) is 5.16. The van der Waals surface area contributed by atoms with Gasteiger partial charge in [-0.05, 0) is 39.4 Å². The summed E-state index contributed by atoms with van der Waals surface area (Å²) in [5.74, 6) is 0. The predicted molar refractivity (Wildman–Crippen MR) is 203 cm³/mol. The molecule has 0 radical (unpaired) electrons. The zero-order valence-electron chi connectivity index (χ0n) is 28.6. The van der Waals surface area contributed by atoms with Crippen LogP contribution in [0.1, 0.15) is 79.0 Å². The molecule has 0 atom stereocenters. The first-order valence-corrected chi connectivity index (χ1v) is 18.3. The average molecular weight is 651 g/mol. The van der Waals surface area contributed by atoms with Gasteiger partial charge in [0.25, 0.3) is 0 Å². The molecule has 2 aromatic heterocycles. The van der Waals surface area contributed by atoms with Crippen LogP contribution in [-0.4, -0.2) is 6.71 Å². The molecule has 4 heterocycles. The maximum atomic E-state index is 6.96. The molecule has 0 aliphatic carbocycles. The number of hydrogen-bond acceptors (Lipinski definition) is 4. The number of fused-ring (bicyclic) bond motifs is 12. The summed E-state index contributed by atoms with van der Waals surface area (Å²) < 4.78 is 13.9. The van der Waals surface area contributed by atoms with Crippen LogP contribution in [0.25, 0.3) is 43.9 Å². The molecule has 9 rings (SSSR count). The van der Waals surface area contributed by atoms with Crippen molar-refractivity contribution in [3.05, 3.63) is 89.5 Å². The number of rotatable bonds is 0. The normalized spacial score (nSPS) is 14.7. The van der Waals surface area contributed by atoms with E-state index in [0.717, 1.165) is 22.3 Å². The zero-order chi connectivity index (χ0) is 32.8. The van der Waals surface area contributed by atoms with Gasteiger partial charge in [0.2, 0.25) is 6.71 Å². The minimum atomic E-state index is -0.0198. The van der Waals surface area contributed by atoms with Crippen LogP contribution >= 0.6 is 23.5 Å². The average Bonchev–Trinajstić information content (AvgIpc) is 3.58. The molecule has 0 bridgehead atoms. The first-order valence-electron chi connectivity index (χ1n) is 16.7. The van der Waals surface area contributed by atoms with Gasteiger partial charge in [-0.3, -0.25) is 0 Å². The third-order valence-electron chi connectivity index (χ3n) is 10.2. The van der Waals surface area contributed by atoms with Gasteiger partial charge >= 0.3 is 0 Å². The monoisotopic (exact) mass is 650 g/mol. The second-order valence-corrected chi connectivity index (χ2v) is 18.7. The maximum absolute atomic E-state index is 6.96. The summed E-state index contributed by atoms with van der Waals surface area (Å²) in [6.45, 7) is 20.7. The van der Waals surface area contributed by atoms with Gasteiger partial charge in [-0.15, -0.1) is 0 Å².